The highest BCUT2D eigenvalue weighted by Gasteiger charge is 2.07. The summed E-state index contributed by atoms with van der Waals surface area (Å²) in [6.45, 7) is 0.882. The first-order valence-electron chi connectivity index (χ1n) is 2.75. The van der Waals surface area contributed by atoms with Crippen LogP contribution in [0.2, 0.25) is 0 Å². The Morgan fingerprint density at radius 3 is 3.10 bits per heavy atom. The van der Waals surface area contributed by atoms with Gasteiger partial charge in [0.2, 0.25) is 0 Å². The number of carboxylic acid groups (broad SMARTS) is 1. The smallest absolute Gasteiger partial charge is 0.498 e. The van der Waals surface area contributed by atoms with Crippen molar-refractivity contribution in [3.63, 3.8) is 0 Å². The van der Waals surface area contributed by atoms with E-state index in [4.69, 9.17) is 9.84 Å². The fraction of sp³-hybridized carbons (Fsp3) is 0.400. The summed E-state index contributed by atoms with van der Waals surface area (Å²) >= 11 is 0. The molecule has 0 unspecified atom stereocenters. The number of ether oxygens (including phenoxy) is 1. The molecule has 0 bridgehead atoms. The second kappa shape index (κ2) is 2.95. The van der Waals surface area contributed by atoms with E-state index in [0.29, 0.717) is 13.2 Å². The molecule has 0 radical (unpaired) electrons. The summed E-state index contributed by atoms with van der Waals surface area (Å²) in [6, 6.07) is 0. The minimum absolute atomic E-state index is 0.433. The zero-order valence-electron chi connectivity index (χ0n) is 5.19. The molecule has 0 atom stereocenters. The summed E-state index contributed by atoms with van der Waals surface area (Å²) in [6.07, 6.45) is 1.48. The van der Waals surface area contributed by atoms with E-state index in [2.05, 4.69) is 4.84 Å². The molecule has 0 amide bonds. The van der Waals surface area contributed by atoms with Gasteiger partial charge in [-0.1, -0.05) is 0 Å². The summed E-state index contributed by atoms with van der Waals surface area (Å²) in [7, 11) is 0. The number of carbonyl (C=O) groups is 1. The molecule has 1 rings (SSSR count). The van der Waals surface area contributed by atoms with E-state index < -0.39 is 6.16 Å². The zero-order chi connectivity index (χ0) is 7.40. The third-order valence-corrected chi connectivity index (χ3v) is 0.948. The summed E-state index contributed by atoms with van der Waals surface area (Å²) in [5, 5.41) is 9.31. The van der Waals surface area contributed by atoms with Crippen LogP contribution >= 0.6 is 0 Å². The fourth-order valence-electron chi connectivity index (χ4n) is 0.573. The van der Waals surface area contributed by atoms with Gasteiger partial charge in [0, 0.05) is 0 Å². The van der Waals surface area contributed by atoms with Crippen LogP contribution in [0.3, 0.4) is 0 Å². The van der Waals surface area contributed by atoms with Gasteiger partial charge in [0.25, 0.3) is 0 Å². The molecule has 0 aromatic heterocycles. The van der Waals surface area contributed by atoms with Crippen molar-refractivity contribution in [2.45, 2.75) is 0 Å². The van der Waals surface area contributed by atoms with Gasteiger partial charge in [0.15, 0.2) is 0 Å². The second-order valence-corrected chi connectivity index (χ2v) is 1.65. The molecule has 0 aromatic carbocycles. The highest BCUT2D eigenvalue weighted by atomic mass is 16.8. The SMILES string of the molecule is O=C(O)ON1C=COCC1. The van der Waals surface area contributed by atoms with Crippen LogP contribution in [0, 0.1) is 0 Å². The second-order valence-electron chi connectivity index (χ2n) is 1.65. The van der Waals surface area contributed by atoms with Gasteiger partial charge >= 0.3 is 6.16 Å². The molecule has 56 valence electrons. The molecule has 0 saturated carbocycles. The predicted molar refractivity (Wildman–Crippen MR) is 30.9 cm³/mol. The molecular formula is C5H7NO4. The molecule has 1 aliphatic rings. The first kappa shape index (κ1) is 6.73. The molecule has 0 aliphatic carbocycles. The highest BCUT2D eigenvalue weighted by molar-refractivity contribution is 5.56. The van der Waals surface area contributed by atoms with Crippen LogP contribution in [0.15, 0.2) is 12.5 Å². The van der Waals surface area contributed by atoms with E-state index >= 15 is 0 Å². The van der Waals surface area contributed by atoms with Crippen molar-refractivity contribution in [1.29, 1.82) is 0 Å². The number of hydrogen-bond acceptors (Lipinski definition) is 4. The zero-order valence-corrected chi connectivity index (χ0v) is 5.19. The van der Waals surface area contributed by atoms with E-state index in [1.54, 1.807) is 0 Å². The first-order valence-corrected chi connectivity index (χ1v) is 2.75. The molecule has 1 heterocycles. The van der Waals surface area contributed by atoms with Crippen molar-refractivity contribution in [3.05, 3.63) is 12.5 Å². The van der Waals surface area contributed by atoms with Crippen LogP contribution in [-0.2, 0) is 9.57 Å². The molecule has 5 nitrogen and oxygen atoms in total. The predicted octanol–water partition coefficient (Wildman–Crippen LogP) is 0.399. The lowest BCUT2D eigenvalue weighted by Gasteiger charge is -2.19. The molecule has 0 fully saturated rings. The van der Waals surface area contributed by atoms with E-state index in [-0.39, 0.29) is 0 Å². The Morgan fingerprint density at radius 2 is 2.60 bits per heavy atom. The average Bonchev–Trinajstić information content (AvgIpc) is 1.88. The van der Waals surface area contributed by atoms with Gasteiger partial charge in [-0.2, -0.15) is 0 Å². The minimum Gasteiger partial charge on any atom is -0.498 e. The van der Waals surface area contributed by atoms with Crippen molar-refractivity contribution in [1.82, 2.24) is 5.06 Å². The molecule has 1 N–H and O–H groups in total. The standard InChI is InChI=1S/C5H7NO4/c7-5(8)10-6-1-3-9-4-2-6/h1,3H,2,4H2,(H,7,8). The van der Waals surface area contributed by atoms with E-state index in [1.165, 1.54) is 17.5 Å². The Bertz CT molecular complexity index is 156. The maximum atomic E-state index is 9.93. The van der Waals surface area contributed by atoms with Crippen molar-refractivity contribution < 1.29 is 19.5 Å². The summed E-state index contributed by atoms with van der Waals surface area (Å²) in [5.74, 6) is 0. The van der Waals surface area contributed by atoms with Crippen molar-refractivity contribution in [3.8, 4) is 0 Å². The van der Waals surface area contributed by atoms with Gasteiger partial charge in [-0.3, -0.25) is 0 Å². The molecule has 0 saturated heterocycles. The van der Waals surface area contributed by atoms with E-state index in [9.17, 15) is 4.79 Å². The lowest BCUT2D eigenvalue weighted by atomic mass is 10.6. The molecule has 0 spiro atoms. The third-order valence-electron chi connectivity index (χ3n) is 0.948. The van der Waals surface area contributed by atoms with Crippen LogP contribution in [0.25, 0.3) is 0 Å². The van der Waals surface area contributed by atoms with Gasteiger partial charge in [-0.05, 0) is 0 Å². The molecule has 5 heteroatoms. The van der Waals surface area contributed by atoms with Gasteiger partial charge in [0.05, 0.1) is 12.7 Å². The van der Waals surface area contributed by atoms with Crippen molar-refractivity contribution >= 4 is 6.16 Å². The van der Waals surface area contributed by atoms with E-state index in [1.807, 2.05) is 0 Å². The Hall–Kier alpha value is -1.39. The van der Waals surface area contributed by atoms with Crippen LogP contribution < -0.4 is 0 Å². The Kier molecular flexibility index (Phi) is 1.99. The summed E-state index contributed by atoms with van der Waals surface area (Å²) in [4.78, 5) is 14.2. The number of rotatable bonds is 1. The van der Waals surface area contributed by atoms with Gasteiger partial charge in [-0.15, -0.1) is 0 Å². The van der Waals surface area contributed by atoms with Crippen LogP contribution in [-0.4, -0.2) is 29.5 Å². The third kappa shape index (κ3) is 1.85. The van der Waals surface area contributed by atoms with Gasteiger partial charge in [-0.25, -0.2) is 9.86 Å². The lowest BCUT2D eigenvalue weighted by molar-refractivity contribution is -0.0986. The first-order chi connectivity index (χ1) is 4.79. The van der Waals surface area contributed by atoms with Crippen LogP contribution in [0.1, 0.15) is 0 Å². The largest absolute Gasteiger partial charge is 0.530 e. The Morgan fingerprint density at radius 1 is 1.80 bits per heavy atom. The topological polar surface area (TPSA) is 59.0 Å². The molecular weight excluding hydrogens is 138 g/mol. The summed E-state index contributed by atoms with van der Waals surface area (Å²) in [5.41, 5.74) is 0. The maximum absolute atomic E-state index is 9.93. The summed E-state index contributed by atoms with van der Waals surface area (Å²) < 4.78 is 4.79. The average molecular weight is 145 g/mol. The van der Waals surface area contributed by atoms with Gasteiger partial charge < -0.3 is 14.7 Å². The molecule has 1 aliphatic heterocycles. The van der Waals surface area contributed by atoms with Crippen molar-refractivity contribution in [2.75, 3.05) is 13.2 Å². The highest BCUT2D eigenvalue weighted by Crippen LogP contribution is 1.98. The minimum atomic E-state index is -1.31. The Balaban J connectivity index is 2.33. The molecule has 10 heavy (non-hydrogen) atoms. The normalized spacial score (nSPS) is 16.2. The molecule has 0 aromatic rings. The number of nitrogens with zero attached hydrogens (tertiary/aromatic N) is 1. The van der Waals surface area contributed by atoms with Crippen LogP contribution in [0.5, 0.6) is 0 Å². The van der Waals surface area contributed by atoms with Crippen LogP contribution in [0.4, 0.5) is 4.79 Å². The Labute approximate surface area is 57.4 Å². The maximum Gasteiger partial charge on any atom is 0.530 e. The monoisotopic (exact) mass is 145 g/mol. The van der Waals surface area contributed by atoms with Crippen molar-refractivity contribution in [2.24, 2.45) is 0 Å². The fourth-order valence-corrected chi connectivity index (χ4v) is 0.573. The number of hydroxylamine groups is 2. The van der Waals surface area contributed by atoms with Gasteiger partial charge in [0.1, 0.15) is 12.9 Å². The lowest BCUT2D eigenvalue weighted by Crippen LogP contribution is -2.27. The number of hydrogen-bond donors (Lipinski definition) is 1. The quantitative estimate of drug-likeness (QED) is 0.578. The van der Waals surface area contributed by atoms with E-state index in [0.717, 1.165) is 0 Å².